The minimum atomic E-state index is 0.0647. The van der Waals surface area contributed by atoms with Gasteiger partial charge in [0.2, 0.25) is 0 Å². The van der Waals surface area contributed by atoms with Crippen LogP contribution in [0.4, 0.5) is 0 Å². The summed E-state index contributed by atoms with van der Waals surface area (Å²) >= 11 is 7.38. The molecule has 0 aliphatic rings. The molecule has 0 aliphatic heterocycles. The van der Waals surface area contributed by atoms with Crippen LogP contribution in [-0.4, -0.2) is 10.7 Å². The predicted molar refractivity (Wildman–Crippen MR) is 82.9 cm³/mol. The van der Waals surface area contributed by atoms with E-state index in [2.05, 4.69) is 63.0 Å². The first-order valence-corrected chi connectivity index (χ1v) is 8.15. The molecule has 0 N–H and O–H groups in total. The Morgan fingerprint density at radius 3 is 2.39 bits per heavy atom. The zero-order valence-corrected chi connectivity index (χ0v) is 13.5. The van der Waals surface area contributed by atoms with Crippen LogP contribution in [0.1, 0.15) is 16.7 Å². The molecule has 0 saturated carbocycles. The standard InChI is InChI=1S/C15H16Br2O/c1-12-4-2-3-5-14(12)15(10-16,11-17)8-13-6-7-18-9-13/h2-7,9H,8,10-11H2,1H3. The van der Waals surface area contributed by atoms with Gasteiger partial charge in [0.05, 0.1) is 12.5 Å². The smallest absolute Gasteiger partial charge is 0.0934 e. The Kier molecular flexibility index (Phi) is 4.68. The van der Waals surface area contributed by atoms with E-state index in [0.717, 1.165) is 17.1 Å². The molecule has 18 heavy (non-hydrogen) atoms. The Morgan fingerprint density at radius 1 is 1.11 bits per heavy atom. The highest BCUT2D eigenvalue weighted by Crippen LogP contribution is 2.34. The molecule has 2 rings (SSSR count). The molecule has 0 aliphatic carbocycles. The molecular weight excluding hydrogens is 356 g/mol. The van der Waals surface area contributed by atoms with Crippen molar-refractivity contribution in [1.82, 2.24) is 0 Å². The second kappa shape index (κ2) is 6.07. The lowest BCUT2D eigenvalue weighted by molar-refractivity contribution is 0.530. The molecule has 1 aromatic carbocycles. The number of halogens is 2. The van der Waals surface area contributed by atoms with Gasteiger partial charge in [0, 0.05) is 16.1 Å². The van der Waals surface area contributed by atoms with Crippen LogP contribution in [0.5, 0.6) is 0 Å². The third-order valence-corrected chi connectivity index (χ3v) is 5.50. The molecule has 0 fully saturated rings. The summed E-state index contributed by atoms with van der Waals surface area (Å²) in [6.07, 6.45) is 4.53. The molecule has 0 amide bonds. The fourth-order valence-corrected chi connectivity index (χ4v) is 4.25. The first-order chi connectivity index (χ1) is 8.72. The van der Waals surface area contributed by atoms with Crippen LogP contribution < -0.4 is 0 Å². The van der Waals surface area contributed by atoms with Crippen molar-refractivity contribution in [1.29, 1.82) is 0 Å². The van der Waals surface area contributed by atoms with Crippen molar-refractivity contribution >= 4 is 31.9 Å². The molecule has 3 heteroatoms. The summed E-state index contributed by atoms with van der Waals surface area (Å²) in [5.41, 5.74) is 4.02. The van der Waals surface area contributed by atoms with E-state index in [9.17, 15) is 0 Å². The topological polar surface area (TPSA) is 13.1 Å². The molecule has 1 aromatic heterocycles. The van der Waals surface area contributed by atoms with Crippen LogP contribution in [-0.2, 0) is 11.8 Å². The summed E-state index contributed by atoms with van der Waals surface area (Å²) in [6.45, 7) is 2.17. The number of furan rings is 1. The van der Waals surface area contributed by atoms with E-state index in [4.69, 9.17) is 4.42 Å². The lowest BCUT2D eigenvalue weighted by atomic mass is 9.77. The van der Waals surface area contributed by atoms with Crippen molar-refractivity contribution in [2.45, 2.75) is 18.8 Å². The summed E-state index contributed by atoms with van der Waals surface area (Å²) in [6, 6.07) is 10.6. The van der Waals surface area contributed by atoms with Crippen molar-refractivity contribution in [3.8, 4) is 0 Å². The molecule has 96 valence electrons. The van der Waals surface area contributed by atoms with Gasteiger partial charge in [-0.05, 0) is 36.1 Å². The third-order valence-electron chi connectivity index (χ3n) is 3.35. The summed E-state index contributed by atoms with van der Waals surface area (Å²) in [5.74, 6) is 0. The zero-order chi connectivity index (χ0) is 13.0. The monoisotopic (exact) mass is 370 g/mol. The lowest BCUT2D eigenvalue weighted by Crippen LogP contribution is -2.33. The highest BCUT2D eigenvalue weighted by Gasteiger charge is 2.31. The number of hydrogen-bond donors (Lipinski definition) is 0. The summed E-state index contributed by atoms with van der Waals surface area (Å²) in [7, 11) is 0. The molecule has 0 atom stereocenters. The fourth-order valence-electron chi connectivity index (χ4n) is 2.32. The van der Waals surface area contributed by atoms with E-state index in [1.165, 1.54) is 16.7 Å². The van der Waals surface area contributed by atoms with Gasteiger partial charge in [0.25, 0.3) is 0 Å². The first-order valence-electron chi connectivity index (χ1n) is 5.91. The van der Waals surface area contributed by atoms with Gasteiger partial charge < -0.3 is 4.42 Å². The van der Waals surface area contributed by atoms with Crippen molar-refractivity contribution in [3.63, 3.8) is 0 Å². The van der Waals surface area contributed by atoms with Crippen molar-refractivity contribution in [2.24, 2.45) is 0 Å². The molecule has 1 nitrogen and oxygen atoms in total. The van der Waals surface area contributed by atoms with Crippen LogP contribution in [0, 0.1) is 6.92 Å². The van der Waals surface area contributed by atoms with E-state index in [1.54, 1.807) is 6.26 Å². The molecule has 0 spiro atoms. The maximum absolute atomic E-state index is 5.18. The summed E-state index contributed by atoms with van der Waals surface area (Å²) in [4.78, 5) is 0. The predicted octanol–water partition coefficient (Wildman–Crippen LogP) is 4.86. The van der Waals surface area contributed by atoms with E-state index in [0.29, 0.717) is 0 Å². The summed E-state index contributed by atoms with van der Waals surface area (Å²) < 4.78 is 5.18. The maximum Gasteiger partial charge on any atom is 0.0934 e. The van der Waals surface area contributed by atoms with Gasteiger partial charge in [-0.2, -0.15) is 0 Å². The lowest BCUT2D eigenvalue weighted by Gasteiger charge is -2.32. The fraction of sp³-hybridized carbons (Fsp3) is 0.333. The van der Waals surface area contributed by atoms with Crippen LogP contribution in [0.2, 0.25) is 0 Å². The summed E-state index contributed by atoms with van der Waals surface area (Å²) in [5, 5.41) is 1.84. The van der Waals surface area contributed by atoms with Crippen LogP contribution in [0.25, 0.3) is 0 Å². The maximum atomic E-state index is 5.18. The van der Waals surface area contributed by atoms with Crippen LogP contribution >= 0.6 is 31.9 Å². The zero-order valence-electron chi connectivity index (χ0n) is 10.3. The normalized spacial score (nSPS) is 11.7. The SMILES string of the molecule is Cc1ccccc1C(CBr)(CBr)Cc1ccoc1. The van der Waals surface area contributed by atoms with E-state index >= 15 is 0 Å². The number of hydrogen-bond acceptors (Lipinski definition) is 1. The van der Waals surface area contributed by atoms with Gasteiger partial charge >= 0.3 is 0 Å². The van der Waals surface area contributed by atoms with E-state index in [-0.39, 0.29) is 5.41 Å². The molecule has 0 saturated heterocycles. The van der Waals surface area contributed by atoms with Crippen LogP contribution in [0.3, 0.4) is 0 Å². The average molecular weight is 372 g/mol. The largest absolute Gasteiger partial charge is 0.472 e. The minimum absolute atomic E-state index is 0.0647. The van der Waals surface area contributed by atoms with Gasteiger partial charge in [0.15, 0.2) is 0 Å². The third kappa shape index (κ3) is 2.72. The Morgan fingerprint density at radius 2 is 1.83 bits per heavy atom. The van der Waals surface area contributed by atoms with Crippen molar-refractivity contribution < 1.29 is 4.42 Å². The average Bonchev–Trinajstić information content (AvgIpc) is 2.90. The van der Waals surface area contributed by atoms with Crippen LogP contribution in [0.15, 0.2) is 47.3 Å². The van der Waals surface area contributed by atoms with Gasteiger partial charge in [-0.1, -0.05) is 56.1 Å². The molecule has 0 bridgehead atoms. The molecule has 1 heterocycles. The van der Waals surface area contributed by atoms with Gasteiger partial charge in [-0.3, -0.25) is 0 Å². The van der Waals surface area contributed by atoms with Gasteiger partial charge in [-0.25, -0.2) is 0 Å². The van der Waals surface area contributed by atoms with Crippen molar-refractivity contribution in [3.05, 3.63) is 59.5 Å². The highest BCUT2D eigenvalue weighted by molar-refractivity contribution is 9.09. The first kappa shape index (κ1) is 13.9. The number of rotatable bonds is 5. The molecule has 2 aromatic rings. The van der Waals surface area contributed by atoms with Crippen molar-refractivity contribution in [2.75, 3.05) is 10.7 Å². The van der Waals surface area contributed by atoms with E-state index in [1.807, 2.05) is 12.3 Å². The Labute approximate surface area is 125 Å². The van der Waals surface area contributed by atoms with Gasteiger partial charge in [-0.15, -0.1) is 0 Å². The molecule has 0 unspecified atom stereocenters. The number of alkyl halides is 2. The Balaban J connectivity index is 2.40. The number of benzene rings is 1. The Hall–Kier alpha value is -0.540. The molecular formula is C15H16Br2O. The van der Waals surface area contributed by atoms with Gasteiger partial charge in [0.1, 0.15) is 0 Å². The second-order valence-electron chi connectivity index (χ2n) is 4.67. The highest BCUT2D eigenvalue weighted by atomic mass is 79.9. The number of aryl methyl sites for hydroxylation is 1. The minimum Gasteiger partial charge on any atom is -0.472 e. The van der Waals surface area contributed by atoms with E-state index < -0.39 is 0 Å². The molecule has 0 radical (unpaired) electrons. The quantitative estimate of drug-likeness (QED) is 0.684. The Bertz CT molecular complexity index is 487. The second-order valence-corrected chi connectivity index (χ2v) is 5.79.